The van der Waals surface area contributed by atoms with Gasteiger partial charge < -0.3 is 19.9 Å². The van der Waals surface area contributed by atoms with Crippen LogP contribution in [0.4, 0.5) is 0 Å². The zero-order valence-electron chi connectivity index (χ0n) is 14.4. The van der Waals surface area contributed by atoms with Crippen molar-refractivity contribution in [1.29, 1.82) is 0 Å². The fourth-order valence-corrected chi connectivity index (χ4v) is 6.04. The maximum absolute atomic E-state index is 13.0. The summed E-state index contributed by atoms with van der Waals surface area (Å²) in [4.78, 5) is 13.0. The second-order valence-corrected chi connectivity index (χ2v) is 8.67. The van der Waals surface area contributed by atoms with Crippen molar-refractivity contribution < 1.29 is 19.4 Å². The van der Waals surface area contributed by atoms with Crippen LogP contribution in [0, 0.1) is 17.3 Å². The van der Waals surface area contributed by atoms with Gasteiger partial charge in [-0.1, -0.05) is 12.1 Å². The number of amides is 1. The van der Waals surface area contributed by atoms with E-state index in [2.05, 4.69) is 5.32 Å². The van der Waals surface area contributed by atoms with Crippen LogP contribution in [0.2, 0.25) is 0 Å². The Labute approximate surface area is 147 Å². The summed E-state index contributed by atoms with van der Waals surface area (Å²) in [6.45, 7) is 0.891. The molecule has 1 aliphatic heterocycles. The van der Waals surface area contributed by atoms with Crippen molar-refractivity contribution in [3.63, 3.8) is 0 Å². The van der Waals surface area contributed by atoms with Crippen LogP contribution in [0.25, 0.3) is 0 Å². The van der Waals surface area contributed by atoms with Gasteiger partial charge >= 0.3 is 0 Å². The van der Waals surface area contributed by atoms with E-state index in [4.69, 9.17) is 9.47 Å². The van der Waals surface area contributed by atoms with Crippen LogP contribution in [0.15, 0.2) is 24.3 Å². The van der Waals surface area contributed by atoms with Crippen LogP contribution < -0.4 is 14.8 Å². The predicted molar refractivity (Wildman–Crippen MR) is 91.4 cm³/mol. The third kappa shape index (κ3) is 2.60. The number of benzene rings is 1. The summed E-state index contributed by atoms with van der Waals surface area (Å²) < 4.78 is 11.6. The second-order valence-electron chi connectivity index (χ2n) is 8.67. The topological polar surface area (TPSA) is 67.8 Å². The Hall–Kier alpha value is -1.75. The summed E-state index contributed by atoms with van der Waals surface area (Å²) in [5, 5.41) is 13.9. The molecule has 1 heterocycles. The Balaban J connectivity index is 1.24. The molecule has 0 aromatic heterocycles. The highest BCUT2D eigenvalue weighted by molar-refractivity contribution is 5.83. The first-order valence-corrected chi connectivity index (χ1v) is 9.43. The van der Waals surface area contributed by atoms with Crippen LogP contribution >= 0.6 is 0 Å². The summed E-state index contributed by atoms with van der Waals surface area (Å²) in [6, 6.07) is 7.61. The molecule has 2 N–H and O–H groups in total. The second kappa shape index (κ2) is 5.37. The summed E-state index contributed by atoms with van der Waals surface area (Å²) in [5.74, 6) is 2.62. The molecule has 0 spiro atoms. The Kier molecular flexibility index (Phi) is 3.33. The highest BCUT2D eigenvalue weighted by Gasteiger charge is 2.60. The Morgan fingerprint density at radius 3 is 2.60 bits per heavy atom. The minimum absolute atomic E-state index is 0.0995. The quantitative estimate of drug-likeness (QED) is 0.883. The van der Waals surface area contributed by atoms with Crippen molar-refractivity contribution in [3.8, 4) is 11.5 Å². The highest BCUT2D eigenvalue weighted by atomic mass is 16.6. The lowest BCUT2D eigenvalue weighted by Gasteiger charge is -2.59. The first-order chi connectivity index (χ1) is 12.0. The number of ether oxygens (including phenoxy) is 2. The van der Waals surface area contributed by atoms with Gasteiger partial charge in [0.05, 0.1) is 17.6 Å². The SMILES string of the molecule is O=C(NC[C@@H]1COc2ccccc2O1)C12C[C@@H]3C[C@@H](CC(O)(C3)C1)C2. The van der Waals surface area contributed by atoms with E-state index in [1.165, 1.54) is 6.42 Å². The van der Waals surface area contributed by atoms with Gasteiger partial charge in [0.25, 0.3) is 0 Å². The van der Waals surface area contributed by atoms with Gasteiger partial charge in [0.15, 0.2) is 11.5 Å². The monoisotopic (exact) mass is 343 g/mol. The number of aliphatic hydroxyl groups is 1. The van der Waals surface area contributed by atoms with E-state index in [9.17, 15) is 9.90 Å². The lowest BCUT2D eigenvalue weighted by molar-refractivity contribution is -0.178. The standard InChI is InChI=1S/C20H25NO4/c22-18(19-6-13-5-14(7-19)9-20(23,8-13)12-19)21-10-15-11-24-16-3-1-2-4-17(16)25-15/h1-4,13-15,23H,5-12H2,(H,21,22)/t13-,14+,15-,19?,20?/m1/s1. The number of fused-ring (bicyclic) bond motifs is 1. The molecular formula is C20H25NO4. The third-order valence-corrected chi connectivity index (χ3v) is 6.57. The number of rotatable bonds is 3. The molecule has 5 heteroatoms. The fraction of sp³-hybridized carbons (Fsp3) is 0.650. The molecule has 1 amide bonds. The number of carbonyl (C=O) groups is 1. The number of para-hydroxylation sites is 2. The van der Waals surface area contributed by atoms with E-state index in [1.807, 2.05) is 24.3 Å². The largest absolute Gasteiger partial charge is 0.486 e. The van der Waals surface area contributed by atoms with E-state index in [0.29, 0.717) is 31.4 Å². The zero-order chi connectivity index (χ0) is 17.1. The van der Waals surface area contributed by atoms with Gasteiger partial charge in [0, 0.05) is 0 Å². The van der Waals surface area contributed by atoms with Gasteiger partial charge in [-0.15, -0.1) is 0 Å². The molecule has 25 heavy (non-hydrogen) atoms. The van der Waals surface area contributed by atoms with Crippen LogP contribution in [-0.4, -0.2) is 35.9 Å². The molecule has 0 saturated heterocycles. The van der Waals surface area contributed by atoms with Gasteiger partial charge in [-0.25, -0.2) is 0 Å². The molecule has 2 unspecified atom stereocenters. The van der Waals surface area contributed by atoms with E-state index < -0.39 is 5.60 Å². The van der Waals surface area contributed by atoms with Crippen LogP contribution in [0.5, 0.6) is 11.5 Å². The van der Waals surface area contributed by atoms with Crippen LogP contribution in [-0.2, 0) is 4.79 Å². The van der Waals surface area contributed by atoms with Crippen molar-refractivity contribution in [2.75, 3.05) is 13.2 Å². The Morgan fingerprint density at radius 2 is 1.88 bits per heavy atom. The van der Waals surface area contributed by atoms with Crippen molar-refractivity contribution in [1.82, 2.24) is 5.32 Å². The molecule has 4 saturated carbocycles. The summed E-state index contributed by atoms with van der Waals surface area (Å²) in [5.41, 5.74) is -0.975. The van der Waals surface area contributed by atoms with Gasteiger partial charge in [0.2, 0.25) is 5.91 Å². The van der Waals surface area contributed by atoms with Crippen LogP contribution in [0.3, 0.4) is 0 Å². The maximum atomic E-state index is 13.0. The average Bonchev–Trinajstić information content (AvgIpc) is 2.57. The maximum Gasteiger partial charge on any atom is 0.226 e. The molecule has 5 nitrogen and oxygen atoms in total. The Bertz CT molecular complexity index is 689. The molecule has 5 atom stereocenters. The predicted octanol–water partition coefficient (Wildman–Crippen LogP) is 2.27. The first kappa shape index (κ1) is 15.5. The van der Waals surface area contributed by atoms with Gasteiger partial charge in [-0.05, 0) is 62.5 Å². The normalized spacial score (nSPS) is 40.8. The molecule has 6 rings (SSSR count). The van der Waals surface area contributed by atoms with Gasteiger partial charge in [0.1, 0.15) is 12.7 Å². The van der Waals surface area contributed by atoms with Crippen molar-refractivity contribution in [2.24, 2.45) is 17.3 Å². The molecule has 1 aromatic carbocycles. The van der Waals surface area contributed by atoms with Crippen LogP contribution in [0.1, 0.15) is 38.5 Å². The summed E-state index contributed by atoms with van der Waals surface area (Å²) in [7, 11) is 0. The zero-order valence-corrected chi connectivity index (χ0v) is 14.4. The lowest BCUT2D eigenvalue weighted by atomic mass is 9.47. The minimum atomic E-state index is -0.606. The molecule has 0 radical (unpaired) electrons. The van der Waals surface area contributed by atoms with Gasteiger partial charge in [-0.2, -0.15) is 0 Å². The van der Waals surface area contributed by atoms with E-state index in [-0.39, 0.29) is 17.4 Å². The number of nitrogens with one attached hydrogen (secondary N) is 1. The number of hydrogen-bond acceptors (Lipinski definition) is 4. The van der Waals surface area contributed by atoms with Crippen molar-refractivity contribution in [3.05, 3.63) is 24.3 Å². The smallest absolute Gasteiger partial charge is 0.226 e. The minimum Gasteiger partial charge on any atom is -0.486 e. The molecule has 1 aromatic rings. The lowest BCUT2D eigenvalue weighted by Crippen LogP contribution is -2.60. The molecule has 5 aliphatic rings. The molecule has 134 valence electrons. The molecule has 4 bridgehead atoms. The number of carbonyl (C=O) groups excluding carboxylic acids is 1. The highest BCUT2D eigenvalue weighted by Crippen LogP contribution is 2.61. The van der Waals surface area contributed by atoms with Crippen molar-refractivity contribution >= 4 is 5.91 Å². The number of hydrogen-bond donors (Lipinski definition) is 2. The van der Waals surface area contributed by atoms with E-state index >= 15 is 0 Å². The summed E-state index contributed by atoms with van der Waals surface area (Å²) >= 11 is 0. The average molecular weight is 343 g/mol. The first-order valence-electron chi connectivity index (χ1n) is 9.43. The molecular weight excluding hydrogens is 318 g/mol. The fourth-order valence-electron chi connectivity index (χ4n) is 6.04. The van der Waals surface area contributed by atoms with E-state index in [0.717, 1.165) is 37.2 Å². The molecule has 4 aliphatic carbocycles. The summed E-state index contributed by atoms with van der Waals surface area (Å²) in [6.07, 6.45) is 5.28. The van der Waals surface area contributed by atoms with E-state index in [1.54, 1.807) is 0 Å². The van der Waals surface area contributed by atoms with Gasteiger partial charge in [-0.3, -0.25) is 4.79 Å². The Morgan fingerprint density at radius 1 is 1.16 bits per heavy atom. The molecule has 4 fully saturated rings. The third-order valence-electron chi connectivity index (χ3n) is 6.57. The van der Waals surface area contributed by atoms with Crippen molar-refractivity contribution in [2.45, 2.75) is 50.2 Å².